The van der Waals surface area contributed by atoms with E-state index in [4.69, 9.17) is 0 Å². The lowest BCUT2D eigenvalue weighted by Crippen LogP contribution is -2.42. The third kappa shape index (κ3) is 4.53. The first kappa shape index (κ1) is 21.2. The predicted molar refractivity (Wildman–Crippen MR) is 103 cm³/mol. The summed E-state index contributed by atoms with van der Waals surface area (Å²) in [7, 11) is 0. The lowest BCUT2D eigenvalue weighted by molar-refractivity contribution is -0.137. The largest absolute Gasteiger partial charge is 0.416 e. The number of aromatic amines is 1. The zero-order valence-electron chi connectivity index (χ0n) is 16.3. The Hall–Kier alpha value is -3.56. The number of aryl methyl sites for hydroxylation is 1. The molecule has 0 aliphatic heterocycles. The van der Waals surface area contributed by atoms with Crippen LogP contribution in [0.1, 0.15) is 41.0 Å². The number of rotatable bonds is 4. The summed E-state index contributed by atoms with van der Waals surface area (Å²) in [5, 5.41) is 2.72. The predicted octanol–water partition coefficient (Wildman–Crippen LogP) is 3.22. The number of nitrogens with zero attached hydrogens (tertiary/aromatic N) is 3. The van der Waals surface area contributed by atoms with Crippen molar-refractivity contribution in [2.75, 3.05) is 0 Å². The van der Waals surface area contributed by atoms with Crippen molar-refractivity contribution < 1.29 is 18.0 Å². The maximum atomic E-state index is 12.9. The van der Waals surface area contributed by atoms with Gasteiger partial charge in [0.25, 0.3) is 11.5 Å². The minimum atomic E-state index is -4.46. The second-order valence-electron chi connectivity index (χ2n) is 7.16. The molecule has 0 spiro atoms. The van der Waals surface area contributed by atoms with Crippen LogP contribution in [0.3, 0.4) is 0 Å². The molecule has 2 aromatic heterocycles. The number of aromatic nitrogens is 4. The Balaban J connectivity index is 1.90. The fourth-order valence-corrected chi connectivity index (χ4v) is 3.06. The topological polar surface area (TPSA) is 101 Å². The van der Waals surface area contributed by atoms with Crippen LogP contribution < -0.4 is 10.9 Å². The molecule has 0 fully saturated rings. The van der Waals surface area contributed by atoms with Crippen LogP contribution in [0.5, 0.6) is 0 Å². The molecule has 0 saturated heterocycles. The number of halogens is 3. The van der Waals surface area contributed by atoms with E-state index in [1.807, 2.05) is 0 Å². The highest BCUT2D eigenvalue weighted by Crippen LogP contribution is 2.33. The van der Waals surface area contributed by atoms with Crippen molar-refractivity contribution in [2.45, 2.75) is 32.5 Å². The van der Waals surface area contributed by atoms with Gasteiger partial charge in [-0.25, -0.2) is 15.0 Å². The van der Waals surface area contributed by atoms with Crippen LogP contribution >= 0.6 is 0 Å². The number of hydrogen-bond acceptors (Lipinski definition) is 5. The van der Waals surface area contributed by atoms with Crippen molar-refractivity contribution >= 4 is 5.91 Å². The van der Waals surface area contributed by atoms with Crippen molar-refractivity contribution in [3.05, 3.63) is 75.5 Å². The van der Waals surface area contributed by atoms with Gasteiger partial charge in [-0.1, -0.05) is 6.07 Å². The van der Waals surface area contributed by atoms with Gasteiger partial charge in [0.05, 0.1) is 11.1 Å². The van der Waals surface area contributed by atoms with Crippen molar-refractivity contribution in [1.82, 2.24) is 25.3 Å². The summed E-state index contributed by atoms with van der Waals surface area (Å²) < 4.78 is 38.8. The van der Waals surface area contributed by atoms with Gasteiger partial charge < -0.3 is 10.3 Å². The van der Waals surface area contributed by atoms with E-state index in [-0.39, 0.29) is 17.3 Å². The third-order valence-electron chi connectivity index (χ3n) is 4.40. The minimum absolute atomic E-state index is 0.0248. The summed E-state index contributed by atoms with van der Waals surface area (Å²) in [6.07, 6.45) is -1.53. The summed E-state index contributed by atoms with van der Waals surface area (Å²) in [6.45, 7) is 4.83. The van der Waals surface area contributed by atoms with Crippen LogP contribution in [0.2, 0.25) is 0 Å². The van der Waals surface area contributed by atoms with Crippen molar-refractivity contribution in [2.24, 2.45) is 0 Å². The second-order valence-corrected chi connectivity index (χ2v) is 7.16. The van der Waals surface area contributed by atoms with Gasteiger partial charge in [-0.15, -0.1) is 0 Å². The third-order valence-corrected chi connectivity index (χ3v) is 4.40. The lowest BCUT2D eigenvalue weighted by Gasteiger charge is -2.29. The Kier molecular flexibility index (Phi) is 5.43. The quantitative estimate of drug-likeness (QED) is 0.679. The number of H-pyrrole nitrogens is 1. The maximum absolute atomic E-state index is 12.9. The molecule has 2 heterocycles. The average Bonchev–Trinajstić information content (AvgIpc) is 2.67. The Morgan fingerprint density at radius 3 is 2.37 bits per heavy atom. The number of alkyl halides is 3. The number of amides is 1. The van der Waals surface area contributed by atoms with E-state index in [1.54, 1.807) is 19.9 Å². The van der Waals surface area contributed by atoms with Gasteiger partial charge in [0.15, 0.2) is 11.6 Å². The van der Waals surface area contributed by atoms with Gasteiger partial charge in [0.2, 0.25) is 0 Å². The molecule has 0 unspecified atom stereocenters. The van der Waals surface area contributed by atoms with Gasteiger partial charge >= 0.3 is 6.18 Å². The normalized spacial score (nSPS) is 11.9. The number of nitrogens with one attached hydrogen (secondary N) is 2. The summed E-state index contributed by atoms with van der Waals surface area (Å²) in [5.74, 6) is -0.499. The van der Waals surface area contributed by atoms with Crippen LogP contribution in [-0.4, -0.2) is 25.8 Å². The summed E-state index contributed by atoms with van der Waals surface area (Å²) in [4.78, 5) is 39.3. The number of hydrogen-bond donors (Lipinski definition) is 2. The Morgan fingerprint density at radius 2 is 1.77 bits per heavy atom. The Bertz CT molecular complexity index is 1140. The molecule has 10 heteroatoms. The number of benzene rings is 1. The van der Waals surface area contributed by atoms with E-state index in [2.05, 4.69) is 25.3 Å². The van der Waals surface area contributed by atoms with Crippen molar-refractivity contribution in [3.8, 4) is 11.6 Å². The molecule has 0 radical (unpaired) electrons. The van der Waals surface area contributed by atoms with E-state index in [0.29, 0.717) is 11.1 Å². The van der Waals surface area contributed by atoms with Crippen LogP contribution in [0, 0.1) is 6.92 Å². The molecule has 0 atom stereocenters. The monoisotopic (exact) mass is 417 g/mol. The van der Waals surface area contributed by atoms with E-state index in [1.165, 1.54) is 25.4 Å². The van der Waals surface area contributed by atoms with E-state index >= 15 is 0 Å². The van der Waals surface area contributed by atoms with Gasteiger partial charge in [0, 0.05) is 18.5 Å². The van der Waals surface area contributed by atoms with Gasteiger partial charge in [-0.05, 0) is 50.1 Å². The highest BCUT2D eigenvalue weighted by Gasteiger charge is 2.32. The fourth-order valence-electron chi connectivity index (χ4n) is 3.06. The lowest BCUT2D eigenvalue weighted by atomic mass is 9.89. The zero-order valence-corrected chi connectivity index (χ0v) is 16.3. The molecular weight excluding hydrogens is 399 g/mol. The SMILES string of the molecule is Cc1cc(C(F)(F)F)ccc1C(C)(C)NC(=O)c1cc(=O)[nH]c(-c2ncccn2)n1. The fraction of sp³-hybridized carbons (Fsp3) is 0.250. The molecule has 156 valence electrons. The first-order chi connectivity index (χ1) is 14.0. The highest BCUT2D eigenvalue weighted by atomic mass is 19.4. The average molecular weight is 417 g/mol. The van der Waals surface area contributed by atoms with Crippen LogP contribution in [-0.2, 0) is 11.7 Å². The number of carbonyl (C=O) groups is 1. The van der Waals surface area contributed by atoms with Gasteiger partial charge in [-0.2, -0.15) is 13.2 Å². The molecule has 1 amide bonds. The van der Waals surface area contributed by atoms with E-state index < -0.39 is 28.7 Å². The molecule has 7 nitrogen and oxygen atoms in total. The van der Waals surface area contributed by atoms with E-state index in [9.17, 15) is 22.8 Å². The Morgan fingerprint density at radius 1 is 1.10 bits per heavy atom. The molecule has 2 N–H and O–H groups in total. The summed E-state index contributed by atoms with van der Waals surface area (Å²) in [6, 6.07) is 5.93. The van der Waals surface area contributed by atoms with Crippen LogP contribution in [0.15, 0.2) is 47.5 Å². The zero-order chi connectivity index (χ0) is 22.1. The molecule has 0 bridgehead atoms. The summed E-state index contributed by atoms with van der Waals surface area (Å²) >= 11 is 0. The molecular formula is C20H18F3N5O2. The smallest absolute Gasteiger partial charge is 0.342 e. The second kappa shape index (κ2) is 7.69. The van der Waals surface area contributed by atoms with Gasteiger partial charge in [0.1, 0.15) is 5.69 Å². The van der Waals surface area contributed by atoms with Crippen LogP contribution in [0.25, 0.3) is 11.6 Å². The minimum Gasteiger partial charge on any atom is -0.342 e. The van der Waals surface area contributed by atoms with Crippen LogP contribution in [0.4, 0.5) is 13.2 Å². The standard InChI is InChI=1S/C20H18F3N5O2/c1-11-9-12(20(21,22)23)5-6-13(11)19(2,3)28-18(30)14-10-15(29)27-17(26-14)16-24-7-4-8-25-16/h4-10H,1-3H3,(H,28,30)(H,26,27,29). The summed E-state index contributed by atoms with van der Waals surface area (Å²) in [5.41, 5.74) is -1.67. The van der Waals surface area contributed by atoms with Crippen molar-refractivity contribution in [1.29, 1.82) is 0 Å². The van der Waals surface area contributed by atoms with E-state index in [0.717, 1.165) is 18.2 Å². The first-order valence-corrected chi connectivity index (χ1v) is 8.87. The first-order valence-electron chi connectivity index (χ1n) is 8.87. The molecule has 0 aliphatic rings. The molecule has 3 rings (SSSR count). The molecule has 1 aromatic carbocycles. The Labute approximate surface area is 169 Å². The van der Waals surface area contributed by atoms with Gasteiger partial charge in [-0.3, -0.25) is 9.59 Å². The molecule has 0 saturated carbocycles. The van der Waals surface area contributed by atoms with Crippen molar-refractivity contribution in [3.63, 3.8) is 0 Å². The number of carbonyl (C=O) groups excluding carboxylic acids is 1. The highest BCUT2D eigenvalue weighted by molar-refractivity contribution is 5.93. The molecule has 3 aromatic rings. The molecule has 0 aliphatic carbocycles. The maximum Gasteiger partial charge on any atom is 0.416 e. The molecule has 30 heavy (non-hydrogen) atoms.